The third-order valence-electron chi connectivity index (χ3n) is 3.55. The molecule has 0 aliphatic rings. The molecule has 0 saturated carbocycles. The second kappa shape index (κ2) is 6.43. The minimum absolute atomic E-state index is 0.0838. The van der Waals surface area contributed by atoms with Crippen LogP contribution in [-0.4, -0.2) is 15.0 Å². The van der Waals surface area contributed by atoms with Gasteiger partial charge in [-0.2, -0.15) is 0 Å². The first-order chi connectivity index (χ1) is 12.4. The van der Waals surface area contributed by atoms with Crippen LogP contribution in [0.5, 0.6) is 5.75 Å². The smallest absolute Gasteiger partial charge is 0.269 e. The van der Waals surface area contributed by atoms with E-state index in [-0.39, 0.29) is 33.9 Å². The van der Waals surface area contributed by atoms with Crippen molar-refractivity contribution in [3.8, 4) is 5.75 Å². The van der Waals surface area contributed by atoms with E-state index in [0.29, 0.717) is 5.69 Å². The van der Waals surface area contributed by atoms with Crippen molar-refractivity contribution in [1.29, 1.82) is 0 Å². The monoisotopic (exact) mass is 354 g/mol. The van der Waals surface area contributed by atoms with Crippen LogP contribution in [0.25, 0.3) is 0 Å². The highest BCUT2D eigenvalue weighted by molar-refractivity contribution is 5.70. The zero-order valence-electron chi connectivity index (χ0n) is 12.9. The lowest BCUT2D eigenvalue weighted by atomic mass is 10.2. The third-order valence-corrected chi connectivity index (χ3v) is 3.55. The Bertz CT molecular complexity index is 1080. The molecule has 0 heterocycles. The topological polar surface area (TPSA) is 148 Å². The van der Waals surface area contributed by atoms with E-state index in [1.807, 2.05) is 0 Å². The van der Waals surface area contributed by atoms with Crippen molar-refractivity contribution in [3.05, 3.63) is 84.3 Å². The van der Waals surface area contributed by atoms with E-state index in [9.17, 15) is 30.1 Å². The molecule has 3 aromatic rings. The second-order valence-electron chi connectivity index (χ2n) is 5.22. The Balaban J connectivity index is 1.84. The number of rotatable bonds is 5. The zero-order chi connectivity index (χ0) is 18.8. The molecule has 0 aliphatic carbocycles. The molecule has 0 aromatic heterocycles. The summed E-state index contributed by atoms with van der Waals surface area (Å²) in [5.74, 6) is -0.355. The zero-order valence-corrected chi connectivity index (χ0v) is 12.9. The fourth-order valence-corrected chi connectivity index (χ4v) is 2.20. The van der Waals surface area contributed by atoms with Gasteiger partial charge in [-0.1, -0.05) is 0 Å². The van der Waals surface area contributed by atoms with Crippen molar-refractivity contribution in [2.75, 3.05) is 5.32 Å². The molecule has 0 saturated heterocycles. The number of nitrogens with zero attached hydrogens (tertiary/aromatic N) is 3. The van der Waals surface area contributed by atoms with Crippen molar-refractivity contribution in [2.45, 2.75) is 0 Å². The van der Waals surface area contributed by atoms with Crippen LogP contribution in [0.3, 0.4) is 0 Å². The lowest BCUT2D eigenvalue weighted by molar-refractivity contribution is -0.385. The fourth-order valence-electron chi connectivity index (χ4n) is 2.20. The number of benzene rings is 2. The Labute approximate surface area is 144 Å². The van der Waals surface area contributed by atoms with Crippen LogP contribution in [0.2, 0.25) is 0 Å². The molecule has 0 unspecified atom stereocenters. The summed E-state index contributed by atoms with van der Waals surface area (Å²) in [4.78, 5) is 36.2. The van der Waals surface area contributed by atoms with Gasteiger partial charge in [-0.05, 0) is 24.3 Å². The van der Waals surface area contributed by atoms with Crippen LogP contribution in [0.15, 0.2) is 58.3 Å². The summed E-state index contributed by atoms with van der Waals surface area (Å²) in [6, 6.07) is 10.5. The highest BCUT2D eigenvalue weighted by Crippen LogP contribution is 2.24. The molecule has 10 nitrogen and oxygen atoms in total. The van der Waals surface area contributed by atoms with Crippen molar-refractivity contribution < 1.29 is 15.0 Å². The predicted octanol–water partition coefficient (Wildman–Crippen LogP) is 2.42. The number of nitro groups is 2. The van der Waals surface area contributed by atoms with E-state index in [2.05, 4.69) is 10.3 Å². The molecule has 0 atom stereocenters. The minimum atomic E-state index is -0.560. The molecule has 26 heavy (non-hydrogen) atoms. The van der Waals surface area contributed by atoms with E-state index >= 15 is 0 Å². The Morgan fingerprint density at radius 1 is 0.885 bits per heavy atom. The van der Waals surface area contributed by atoms with E-state index in [4.69, 9.17) is 0 Å². The van der Waals surface area contributed by atoms with Crippen molar-refractivity contribution in [1.82, 2.24) is 0 Å². The number of nitrogens with one attached hydrogen (secondary N) is 1. The van der Waals surface area contributed by atoms with Crippen molar-refractivity contribution >= 4 is 28.4 Å². The van der Waals surface area contributed by atoms with Crippen LogP contribution >= 0.6 is 0 Å². The molecule has 0 bridgehead atoms. The third kappa shape index (κ3) is 3.11. The molecule has 0 spiro atoms. The Hall–Kier alpha value is -4.08. The number of aromatic hydroxyl groups is 1. The average Bonchev–Trinajstić information content (AvgIpc) is 2.64. The SMILES string of the molecule is O=c1c(Nc2ccc([N+](=O)[O-])cc2)c(O)c1=Nc1ccc([N+](=O)[O-])cc1. The van der Waals surface area contributed by atoms with Crippen LogP contribution in [0.1, 0.15) is 0 Å². The maximum absolute atomic E-state index is 12.1. The van der Waals surface area contributed by atoms with Gasteiger partial charge in [0, 0.05) is 30.0 Å². The predicted molar refractivity (Wildman–Crippen MR) is 91.4 cm³/mol. The summed E-state index contributed by atoms with van der Waals surface area (Å²) in [5.41, 5.74) is -0.179. The highest BCUT2D eigenvalue weighted by Gasteiger charge is 2.19. The number of hydrogen-bond donors (Lipinski definition) is 2. The standard InChI is InChI=1S/C16H10N4O6/c21-15-13(17-9-1-5-11(6-2-9)19(23)24)16(22)14(15)18-10-3-7-12(8-4-10)20(25)26/h1-8,17,21H. The fraction of sp³-hybridized carbons (Fsp3) is 0. The van der Waals surface area contributed by atoms with Gasteiger partial charge in [0.2, 0.25) is 5.43 Å². The number of nitro benzene ring substituents is 2. The van der Waals surface area contributed by atoms with Gasteiger partial charge in [-0.25, -0.2) is 4.99 Å². The summed E-state index contributed by atoms with van der Waals surface area (Å²) in [7, 11) is 0. The van der Waals surface area contributed by atoms with Gasteiger partial charge in [0.15, 0.2) is 11.1 Å². The molecule has 0 amide bonds. The van der Waals surface area contributed by atoms with Crippen molar-refractivity contribution in [2.24, 2.45) is 4.99 Å². The first-order valence-corrected chi connectivity index (χ1v) is 7.20. The van der Waals surface area contributed by atoms with Gasteiger partial charge < -0.3 is 10.4 Å². The van der Waals surface area contributed by atoms with Crippen LogP contribution < -0.4 is 16.1 Å². The van der Waals surface area contributed by atoms with Crippen LogP contribution in [0, 0.1) is 20.2 Å². The summed E-state index contributed by atoms with van der Waals surface area (Å²) in [6.07, 6.45) is 0. The molecule has 0 aliphatic heterocycles. The molecule has 0 fully saturated rings. The minimum Gasteiger partial charge on any atom is -0.504 e. The van der Waals surface area contributed by atoms with Gasteiger partial charge in [0.1, 0.15) is 5.69 Å². The normalized spacial score (nSPS) is 11.5. The first kappa shape index (κ1) is 16.8. The molecule has 0 radical (unpaired) electrons. The number of non-ortho nitro benzene ring substituents is 2. The number of hydrogen-bond acceptors (Lipinski definition) is 8. The maximum atomic E-state index is 12.1. The molecule has 10 heteroatoms. The van der Waals surface area contributed by atoms with Gasteiger partial charge in [-0.15, -0.1) is 0 Å². The quantitative estimate of drug-likeness (QED) is 0.528. The molecular formula is C16H10N4O6. The molecule has 2 N–H and O–H groups in total. The summed E-state index contributed by atoms with van der Waals surface area (Å²) in [5, 5.41) is 33.7. The number of anilines is 2. The highest BCUT2D eigenvalue weighted by atomic mass is 16.6. The Morgan fingerprint density at radius 2 is 1.38 bits per heavy atom. The molecule has 3 rings (SSSR count). The summed E-state index contributed by atoms with van der Waals surface area (Å²) >= 11 is 0. The Morgan fingerprint density at radius 3 is 1.85 bits per heavy atom. The van der Waals surface area contributed by atoms with Gasteiger partial charge in [-0.3, -0.25) is 25.0 Å². The lowest BCUT2D eigenvalue weighted by Gasteiger charge is -2.10. The van der Waals surface area contributed by atoms with E-state index in [1.54, 1.807) is 0 Å². The van der Waals surface area contributed by atoms with Crippen LogP contribution in [-0.2, 0) is 0 Å². The van der Waals surface area contributed by atoms with Gasteiger partial charge >= 0.3 is 0 Å². The molecule has 130 valence electrons. The summed E-state index contributed by atoms with van der Waals surface area (Å²) < 4.78 is 0. The van der Waals surface area contributed by atoms with Crippen molar-refractivity contribution in [3.63, 3.8) is 0 Å². The van der Waals surface area contributed by atoms with Gasteiger partial charge in [0.05, 0.1) is 15.5 Å². The maximum Gasteiger partial charge on any atom is 0.269 e. The van der Waals surface area contributed by atoms with E-state index in [0.717, 1.165) is 0 Å². The van der Waals surface area contributed by atoms with Gasteiger partial charge in [0.25, 0.3) is 11.4 Å². The second-order valence-corrected chi connectivity index (χ2v) is 5.22. The average molecular weight is 354 g/mol. The lowest BCUT2D eigenvalue weighted by Crippen LogP contribution is -2.33. The Kier molecular flexibility index (Phi) is 4.15. The first-order valence-electron chi connectivity index (χ1n) is 7.20. The molecule has 3 aromatic carbocycles. The summed E-state index contributed by atoms with van der Waals surface area (Å²) in [6.45, 7) is 0. The van der Waals surface area contributed by atoms with Crippen LogP contribution in [0.4, 0.5) is 28.4 Å². The molecular weight excluding hydrogens is 344 g/mol. The van der Waals surface area contributed by atoms with E-state index < -0.39 is 15.3 Å². The van der Waals surface area contributed by atoms with E-state index in [1.165, 1.54) is 48.5 Å². The largest absolute Gasteiger partial charge is 0.504 e.